The first-order chi connectivity index (χ1) is 15.9. The van der Waals surface area contributed by atoms with Gasteiger partial charge in [0.2, 0.25) is 0 Å². The first kappa shape index (κ1) is 21.6. The Morgan fingerprint density at radius 2 is 2.00 bits per heavy atom. The van der Waals surface area contributed by atoms with E-state index in [0.717, 1.165) is 30.5 Å². The summed E-state index contributed by atoms with van der Waals surface area (Å²) in [6.45, 7) is 1.10. The SMILES string of the molecule is COc1ccc(-n2nnnc2C(F)(F)F)c(C2=C[C@@]3(CCCN[C@H]3c3ccccc3)OC2)c1. The average molecular weight is 457 g/mol. The van der Waals surface area contributed by atoms with Crippen LogP contribution in [0.5, 0.6) is 5.75 Å². The van der Waals surface area contributed by atoms with Gasteiger partial charge < -0.3 is 14.8 Å². The standard InChI is InChI=1S/C23H22F3N5O2/c1-32-17-8-9-19(31-21(23(24,25)26)28-29-30-31)18(12-17)16-13-22(33-14-16)10-5-11-27-20(22)15-6-3-2-4-7-15/h2-4,6-9,12-13,20,27H,5,10-11,14H2,1H3/t20-,22+/m0/s1. The molecule has 0 unspecified atom stereocenters. The van der Waals surface area contributed by atoms with Crippen LogP contribution in [0.15, 0.2) is 54.6 Å². The van der Waals surface area contributed by atoms with Gasteiger partial charge in [-0.3, -0.25) is 0 Å². The van der Waals surface area contributed by atoms with Crippen molar-refractivity contribution in [1.82, 2.24) is 25.5 Å². The minimum atomic E-state index is -4.70. The average Bonchev–Trinajstić information content (AvgIpc) is 3.48. The fourth-order valence-electron chi connectivity index (χ4n) is 4.64. The number of tetrazole rings is 1. The highest BCUT2D eigenvalue weighted by Gasteiger charge is 2.45. The van der Waals surface area contributed by atoms with E-state index in [1.54, 1.807) is 12.1 Å². The van der Waals surface area contributed by atoms with Gasteiger partial charge in [0.25, 0.3) is 5.82 Å². The van der Waals surface area contributed by atoms with Gasteiger partial charge in [0.1, 0.15) is 11.4 Å². The normalized spacial score (nSPS) is 23.0. The third-order valence-electron chi connectivity index (χ3n) is 6.13. The van der Waals surface area contributed by atoms with Gasteiger partial charge in [0, 0.05) is 5.56 Å². The van der Waals surface area contributed by atoms with E-state index >= 15 is 0 Å². The molecule has 2 aliphatic heterocycles. The lowest BCUT2D eigenvalue weighted by Crippen LogP contribution is -2.47. The molecule has 1 spiro atoms. The second kappa shape index (κ2) is 8.27. The zero-order valence-corrected chi connectivity index (χ0v) is 17.8. The molecule has 0 amide bonds. The van der Waals surface area contributed by atoms with Crippen molar-refractivity contribution in [2.45, 2.75) is 30.7 Å². The third-order valence-corrected chi connectivity index (χ3v) is 6.13. The van der Waals surface area contributed by atoms with E-state index < -0.39 is 17.6 Å². The molecular formula is C23H22F3N5O2. The number of nitrogens with one attached hydrogen (secondary N) is 1. The number of methoxy groups -OCH3 is 1. The van der Waals surface area contributed by atoms with Crippen molar-refractivity contribution < 1.29 is 22.6 Å². The lowest BCUT2D eigenvalue weighted by molar-refractivity contribution is -0.146. The minimum Gasteiger partial charge on any atom is -0.497 e. The van der Waals surface area contributed by atoms with Gasteiger partial charge in [-0.05, 0) is 65.2 Å². The quantitative estimate of drug-likeness (QED) is 0.639. The number of rotatable bonds is 4. The number of piperidine rings is 1. The molecule has 1 aromatic heterocycles. The molecule has 0 aliphatic carbocycles. The van der Waals surface area contributed by atoms with Gasteiger partial charge in [-0.1, -0.05) is 30.3 Å². The zero-order chi connectivity index (χ0) is 23.1. The molecule has 1 fully saturated rings. The summed E-state index contributed by atoms with van der Waals surface area (Å²) >= 11 is 0. The van der Waals surface area contributed by atoms with Gasteiger partial charge in [0.15, 0.2) is 0 Å². The number of benzene rings is 2. The van der Waals surface area contributed by atoms with E-state index in [1.165, 1.54) is 13.2 Å². The molecule has 3 aromatic rings. The second-order valence-corrected chi connectivity index (χ2v) is 8.11. The summed E-state index contributed by atoms with van der Waals surface area (Å²) in [6, 6.07) is 14.8. The molecule has 2 atom stereocenters. The van der Waals surface area contributed by atoms with Gasteiger partial charge in [-0.25, -0.2) is 0 Å². The van der Waals surface area contributed by atoms with Crippen LogP contribution in [0.25, 0.3) is 11.3 Å². The summed E-state index contributed by atoms with van der Waals surface area (Å²) in [5.74, 6) is -0.678. The van der Waals surface area contributed by atoms with Crippen LogP contribution in [0.3, 0.4) is 0 Å². The van der Waals surface area contributed by atoms with Crippen LogP contribution < -0.4 is 10.1 Å². The van der Waals surface area contributed by atoms with E-state index in [2.05, 4.69) is 20.8 Å². The molecule has 10 heteroatoms. The second-order valence-electron chi connectivity index (χ2n) is 8.11. The molecular weight excluding hydrogens is 435 g/mol. The Morgan fingerprint density at radius 3 is 2.76 bits per heavy atom. The lowest BCUT2D eigenvalue weighted by atomic mass is 9.81. The van der Waals surface area contributed by atoms with Crippen LogP contribution in [0, 0.1) is 0 Å². The lowest BCUT2D eigenvalue weighted by Gasteiger charge is -2.40. The number of alkyl halides is 3. The van der Waals surface area contributed by atoms with Gasteiger partial charge in [-0.15, -0.1) is 5.10 Å². The monoisotopic (exact) mass is 457 g/mol. The largest absolute Gasteiger partial charge is 0.497 e. The highest BCUT2D eigenvalue weighted by atomic mass is 19.4. The molecule has 2 aliphatic rings. The van der Waals surface area contributed by atoms with Crippen LogP contribution in [0.4, 0.5) is 13.2 Å². The Hall–Kier alpha value is -3.24. The van der Waals surface area contributed by atoms with Gasteiger partial charge >= 0.3 is 6.18 Å². The van der Waals surface area contributed by atoms with Gasteiger partial charge in [-0.2, -0.15) is 17.9 Å². The molecule has 3 heterocycles. The number of ether oxygens (including phenoxy) is 2. The van der Waals surface area contributed by atoms with Crippen molar-refractivity contribution in [2.75, 3.05) is 20.3 Å². The molecule has 5 rings (SSSR count). The zero-order valence-electron chi connectivity index (χ0n) is 17.8. The third kappa shape index (κ3) is 3.89. The van der Waals surface area contributed by atoms with Crippen LogP contribution in [-0.2, 0) is 10.9 Å². The Labute approximate surface area is 188 Å². The van der Waals surface area contributed by atoms with E-state index in [1.807, 2.05) is 36.4 Å². The van der Waals surface area contributed by atoms with E-state index in [4.69, 9.17) is 9.47 Å². The minimum absolute atomic E-state index is 0.0715. The Morgan fingerprint density at radius 1 is 1.18 bits per heavy atom. The van der Waals surface area contributed by atoms with Crippen LogP contribution in [0.1, 0.15) is 35.8 Å². The molecule has 33 heavy (non-hydrogen) atoms. The molecule has 172 valence electrons. The molecule has 7 nitrogen and oxygen atoms in total. The van der Waals surface area contributed by atoms with Crippen molar-refractivity contribution in [3.05, 3.63) is 71.6 Å². The summed E-state index contributed by atoms with van der Waals surface area (Å²) in [5, 5.41) is 13.6. The molecule has 0 bridgehead atoms. The Balaban J connectivity index is 1.61. The predicted octanol–water partition coefficient (Wildman–Crippen LogP) is 3.97. The molecule has 0 radical (unpaired) electrons. The first-order valence-corrected chi connectivity index (χ1v) is 10.6. The highest BCUT2D eigenvalue weighted by molar-refractivity contribution is 5.76. The summed E-state index contributed by atoms with van der Waals surface area (Å²) in [6.07, 6.45) is -0.953. The molecule has 2 aromatic carbocycles. The Kier molecular flexibility index (Phi) is 5.41. The topological polar surface area (TPSA) is 74.1 Å². The molecule has 1 saturated heterocycles. The van der Waals surface area contributed by atoms with Gasteiger partial charge in [0.05, 0.1) is 25.4 Å². The van der Waals surface area contributed by atoms with Crippen molar-refractivity contribution in [3.8, 4) is 11.4 Å². The maximum atomic E-state index is 13.5. The summed E-state index contributed by atoms with van der Waals surface area (Å²) in [5.41, 5.74) is 1.99. The Bertz CT molecular complexity index is 1180. The first-order valence-electron chi connectivity index (χ1n) is 10.6. The number of hydrogen-bond acceptors (Lipinski definition) is 6. The summed E-state index contributed by atoms with van der Waals surface area (Å²) in [4.78, 5) is 0. The van der Waals surface area contributed by atoms with Crippen molar-refractivity contribution in [2.24, 2.45) is 0 Å². The summed E-state index contributed by atoms with van der Waals surface area (Å²) in [7, 11) is 1.51. The smallest absolute Gasteiger partial charge is 0.453 e. The van der Waals surface area contributed by atoms with Crippen LogP contribution >= 0.6 is 0 Å². The molecule has 1 N–H and O–H groups in total. The fourth-order valence-corrected chi connectivity index (χ4v) is 4.64. The van der Waals surface area contributed by atoms with Crippen molar-refractivity contribution in [3.63, 3.8) is 0 Å². The van der Waals surface area contributed by atoms with E-state index in [-0.39, 0.29) is 18.3 Å². The fraction of sp³-hybridized carbons (Fsp3) is 0.348. The number of nitrogens with zero attached hydrogens (tertiary/aromatic N) is 4. The van der Waals surface area contributed by atoms with Crippen molar-refractivity contribution in [1.29, 1.82) is 0 Å². The number of halogens is 3. The van der Waals surface area contributed by atoms with Crippen molar-refractivity contribution >= 4 is 5.57 Å². The van der Waals surface area contributed by atoms with E-state index in [9.17, 15) is 13.2 Å². The summed E-state index contributed by atoms with van der Waals surface area (Å²) < 4.78 is 53.0. The maximum Gasteiger partial charge on any atom is 0.453 e. The molecule has 0 saturated carbocycles. The predicted molar refractivity (Wildman–Crippen MR) is 114 cm³/mol. The maximum absolute atomic E-state index is 13.5. The van der Waals surface area contributed by atoms with Crippen LogP contribution in [0.2, 0.25) is 0 Å². The highest BCUT2D eigenvalue weighted by Crippen LogP contribution is 2.45. The number of aromatic nitrogens is 4. The van der Waals surface area contributed by atoms with E-state index in [0.29, 0.717) is 16.0 Å². The number of hydrogen-bond donors (Lipinski definition) is 1. The van der Waals surface area contributed by atoms with Crippen LogP contribution in [-0.4, -0.2) is 46.1 Å².